The van der Waals surface area contributed by atoms with Crippen LogP contribution in [0.1, 0.15) is 41.5 Å². The normalized spacial score (nSPS) is 12.2. The quantitative estimate of drug-likeness (QED) is 0.0636. The van der Waals surface area contributed by atoms with Crippen LogP contribution in [0.5, 0.6) is 0 Å². The molecule has 2 N–H and O–H groups in total. The summed E-state index contributed by atoms with van der Waals surface area (Å²) in [7, 11) is 0. The van der Waals surface area contributed by atoms with Crippen molar-refractivity contribution >= 4 is 49.3 Å². The Balaban J connectivity index is 0.000000267. The average molecular weight is 798 g/mol. The van der Waals surface area contributed by atoms with Crippen LogP contribution in [-0.2, 0) is 20.1 Å². The first kappa shape index (κ1) is 33.8. The third kappa shape index (κ3) is 6.93. The molecule has 0 amide bonds. The van der Waals surface area contributed by atoms with Crippen molar-refractivity contribution in [2.75, 3.05) is 0 Å². The van der Waals surface area contributed by atoms with Crippen molar-refractivity contribution in [2.45, 2.75) is 41.5 Å². The summed E-state index contributed by atoms with van der Waals surface area (Å²) in [5, 5.41) is 16.7. The molecule has 0 atom stereocenters. The molecule has 5 aromatic carbocycles. The number of benzene rings is 5. The van der Waals surface area contributed by atoms with Crippen LogP contribution >= 0.6 is 0 Å². The van der Waals surface area contributed by atoms with Crippen molar-refractivity contribution < 1.29 is 34.4 Å². The topological polar surface area (TPSA) is 67.7 Å². The van der Waals surface area contributed by atoms with Gasteiger partial charge in [0.25, 0.3) is 0 Å². The molecular weight excluding hydrogens is 759 g/mol. The van der Waals surface area contributed by atoms with Gasteiger partial charge in [0, 0.05) is 42.5 Å². The van der Waals surface area contributed by atoms with Gasteiger partial charge < -0.3 is 14.5 Å². The maximum atomic E-state index is 9.60. The molecule has 47 heavy (non-hydrogen) atoms. The van der Waals surface area contributed by atoms with Crippen LogP contribution in [-0.4, -0.2) is 20.7 Å². The van der Waals surface area contributed by atoms with Gasteiger partial charge in [0.1, 0.15) is 16.9 Å². The number of aliphatic hydroxyl groups is 1. The van der Waals surface area contributed by atoms with Gasteiger partial charge >= 0.3 is 5.78 Å². The molecule has 0 bridgehead atoms. The summed E-state index contributed by atoms with van der Waals surface area (Å²) in [6.07, 6.45) is 3.33. The van der Waals surface area contributed by atoms with E-state index >= 15 is 0 Å². The maximum absolute atomic E-state index is 9.60. The Labute approximate surface area is 289 Å². The number of fused-ring (bicyclic) bond motifs is 6. The Bertz CT molecular complexity index is 2250. The van der Waals surface area contributed by atoms with Crippen molar-refractivity contribution in [2.24, 2.45) is 10.8 Å². The zero-order chi connectivity index (χ0) is 32.6. The largest absolute Gasteiger partial charge is 0.511 e. The number of pyridine rings is 1. The molecule has 1 radical (unpaired) electrons. The molecule has 0 aliphatic heterocycles. The van der Waals surface area contributed by atoms with Gasteiger partial charge in [-0.25, -0.2) is 0 Å². The number of hydrogen-bond donors (Lipinski definition) is 1. The van der Waals surface area contributed by atoms with Gasteiger partial charge in [-0.3, -0.25) is 4.79 Å². The summed E-state index contributed by atoms with van der Waals surface area (Å²) in [4.78, 5) is 14.3. The minimum Gasteiger partial charge on any atom is -0.511 e. The third-order valence-electron chi connectivity index (χ3n) is 8.26. The zero-order valence-corrected chi connectivity index (χ0v) is 29.9. The van der Waals surface area contributed by atoms with Crippen LogP contribution in [0.3, 0.4) is 0 Å². The van der Waals surface area contributed by atoms with Crippen molar-refractivity contribution in [1.82, 2.24) is 4.98 Å². The molecule has 2 aromatic heterocycles. The number of carbonyl (C=O) groups excluding carboxylic acids is 1. The first-order valence-electron chi connectivity index (χ1n) is 15.6. The fourth-order valence-corrected chi connectivity index (χ4v) is 5.43. The van der Waals surface area contributed by atoms with Crippen molar-refractivity contribution in [3.8, 4) is 22.4 Å². The van der Waals surface area contributed by atoms with Crippen LogP contribution in [0, 0.1) is 16.9 Å². The molecule has 0 aliphatic rings. The molecule has 239 valence electrons. The number of furan rings is 1. The molecule has 4 nitrogen and oxygen atoms in total. The Morgan fingerprint density at radius 3 is 2.13 bits per heavy atom. The van der Waals surface area contributed by atoms with Gasteiger partial charge in [-0.1, -0.05) is 99.1 Å². The van der Waals surface area contributed by atoms with Crippen LogP contribution in [0.25, 0.3) is 65.9 Å². The first-order valence-corrected chi connectivity index (χ1v) is 15.6. The molecular formula is C42H39IrNO3. The molecule has 0 saturated heterocycles. The van der Waals surface area contributed by atoms with Gasteiger partial charge in [-0.05, 0) is 65.7 Å². The smallest absolute Gasteiger partial charge is 0.325 e. The van der Waals surface area contributed by atoms with E-state index in [9.17, 15) is 9.90 Å². The molecule has 0 unspecified atom stereocenters. The fraction of sp³-hybridized carbons (Fsp3) is 0.190. The molecule has 0 fully saturated rings. The molecule has 2 heterocycles. The van der Waals surface area contributed by atoms with E-state index in [1.165, 1.54) is 22.2 Å². The van der Waals surface area contributed by atoms with Crippen molar-refractivity contribution in [3.05, 3.63) is 127 Å². The van der Waals surface area contributed by atoms with Gasteiger partial charge in [0.2, 0.25) is 0 Å². The minimum atomic E-state index is -0.306. The Morgan fingerprint density at radius 1 is 0.723 bits per heavy atom. The van der Waals surface area contributed by atoms with Crippen molar-refractivity contribution in [3.63, 3.8) is 0 Å². The molecule has 7 aromatic rings. The van der Waals surface area contributed by atoms with Gasteiger partial charge in [0.05, 0.1) is 11.5 Å². The van der Waals surface area contributed by atoms with Gasteiger partial charge in [-0.15, -0.1) is 29.8 Å². The predicted octanol–water partition coefficient (Wildman–Crippen LogP) is 11.5. The third-order valence-corrected chi connectivity index (χ3v) is 8.26. The SMILES string of the molecule is CC(C)(C)C(=[OH+])/C=C(\O)C(C)(C)C.[Ir].[c-]1cc(-c2cccc3c2oc2ccccc23)ccc1-c1nccc2c1ccc1ccccc12. The summed E-state index contributed by atoms with van der Waals surface area (Å²) in [6.45, 7) is 11.4. The number of allylic oxidation sites excluding steroid dienone is 2. The number of aliphatic hydroxyl groups excluding tert-OH is 1. The molecule has 0 spiro atoms. The summed E-state index contributed by atoms with van der Waals surface area (Å²) < 4.78 is 6.23. The monoisotopic (exact) mass is 798 g/mol. The van der Waals surface area contributed by atoms with E-state index < -0.39 is 0 Å². The summed E-state index contributed by atoms with van der Waals surface area (Å²) >= 11 is 0. The van der Waals surface area contributed by atoms with Crippen LogP contribution in [0.15, 0.2) is 126 Å². The number of hydrogen-bond acceptors (Lipinski definition) is 3. The first-order chi connectivity index (χ1) is 21.9. The van der Waals surface area contributed by atoms with Gasteiger partial charge in [0.15, 0.2) is 0 Å². The number of para-hydroxylation sites is 2. The number of ketones is 1. The van der Waals surface area contributed by atoms with Crippen LogP contribution < -0.4 is 0 Å². The molecule has 0 aliphatic carbocycles. The van der Waals surface area contributed by atoms with E-state index in [0.717, 1.165) is 49.7 Å². The van der Waals surface area contributed by atoms with E-state index in [-0.39, 0.29) is 42.5 Å². The van der Waals surface area contributed by atoms with Crippen LogP contribution in [0.2, 0.25) is 0 Å². The second-order valence-corrected chi connectivity index (χ2v) is 13.7. The standard InChI is InChI=1S/C31H18NO.C11H20O2.Ir/c1-2-7-23-20(6-1)16-17-27-25(23)18-19-32-30(27)22-14-12-21(13-15-22)24-9-5-10-28-26-8-3-4-11-29(26)33-31(24)28;1-10(2,3)8(12)7-9(13)11(4,5)6;/h1-14,16-19H;7,12H,1-6H3;/q-1;;/p+1/b;8-7-;. The van der Waals surface area contributed by atoms with Crippen LogP contribution in [0.4, 0.5) is 0 Å². The summed E-state index contributed by atoms with van der Waals surface area (Å²) in [6, 6.07) is 39.2. The second-order valence-electron chi connectivity index (χ2n) is 13.7. The molecule has 5 heteroatoms. The zero-order valence-electron chi connectivity index (χ0n) is 27.6. The molecule has 0 saturated carbocycles. The minimum absolute atomic E-state index is 0. The maximum Gasteiger partial charge on any atom is 0.325 e. The number of aromatic nitrogens is 1. The Morgan fingerprint density at radius 2 is 1.43 bits per heavy atom. The number of rotatable bonds is 3. The van der Waals surface area contributed by atoms with E-state index in [1.807, 2.05) is 72.0 Å². The number of nitrogens with zero attached hydrogens (tertiary/aromatic N) is 1. The van der Waals surface area contributed by atoms with E-state index in [1.54, 1.807) is 0 Å². The summed E-state index contributed by atoms with van der Waals surface area (Å²) in [5.74, 6) is 0.417. The van der Waals surface area contributed by atoms with E-state index in [0.29, 0.717) is 0 Å². The predicted molar refractivity (Wildman–Crippen MR) is 193 cm³/mol. The van der Waals surface area contributed by atoms with E-state index in [4.69, 9.17) is 9.40 Å². The summed E-state index contributed by atoms with van der Waals surface area (Å²) in [5.41, 5.74) is 5.29. The van der Waals surface area contributed by atoms with Gasteiger partial charge in [-0.2, -0.15) is 0 Å². The average Bonchev–Trinajstić information content (AvgIpc) is 3.43. The second kappa shape index (κ2) is 13.3. The van der Waals surface area contributed by atoms with Crippen molar-refractivity contribution in [1.29, 1.82) is 0 Å². The fourth-order valence-electron chi connectivity index (χ4n) is 5.43. The Hall–Kier alpha value is -4.57. The Kier molecular flexibility index (Phi) is 9.54. The molecule has 7 rings (SSSR count). The van der Waals surface area contributed by atoms with E-state index in [2.05, 4.69) is 84.9 Å².